The largest absolute Gasteiger partial charge is 0.361 e. The lowest BCUT2D eigenvalue weighted by molar-refractivity contribution is 0.578. The van der Waals surface area contributed by atoms with Gasteiger partial charge in [-0.25, -0.2) is 0 Å². The van der Waals surface area contributed by atoms with Crippen molar-refractivity contribution >= 4 is 21.8 Å². The monoisotopic (exact) mass is 276 g/mol. The first-order chi connectivity index (χ1) is 10.2. The number of aromatic nitrogens is 2. The van der Waals surface area contributed by atoms with E-state index < -0.39 is 5.66 Å². The Morgan fingerprint density at radius 2 is 1.10 bits per heavy atom. The SMILES string of the molecule is NC(N)(c1c[nH]c2ccccc12)c1c[nH]c2ccccc12. The van der Waals surface area contributed by atoms with Crippen molar-refractivity contribution in [2.45, 2.75) is 5.66 Å². The third-order valence-electron chi connectivity index (χ3n) is 4.07. The van der Waals surface area contributed by atoms with Gasteiger partial charge < -0.3 is 21.4 Å². The number of benzene rings is 2. The molecule has 0 aliphatic heterocycles. The summed E-state index contributed by atoms with van der Waals surface area (Å²) < 4.78 is 0. The van der Waals surface area contributed by atoms with Crippen LogP contribution in [0.5, 0.6) is 0 Å². The minimum atomic E-state index is -1.06. The number of nitrogens with one attached hydrogen (secondary N) is 2. The Balaban J connectivity index is 1.97. The zero-order chi connectivity index (χ0) is 14.4. The average molecular weight is 276 g/mol. The molecule has 0 bridgehead atoms. The van der Waals surface area contributed by atoms with Gasteiger partial charge in [0.2, 0.25) is 0 Å². The van der Waals surface area contributed by atoms with Gasteiger partial charge in [0, 0.05) is 45.3 Å². The summed E-state index contributed by atoms with van der Waals surface area (Å²) in [6.07, 6.45) is 3.79. The second-order valence-corrected chi connectivity index (χ2v) is 5.36. The highest BCUT2D eigenvalue weighted by Gasteiger charge is 2.29. The summed E-state index contributed by atoms with van der Waals surface area (Å²) in [5.74, 6) is 0. The van der Waals surface area contributed by atoms with Crippen molar-refractivity contribution < 1.29 is 0 Å². The number of nitrogens with two attached hydrogens (primary N) is 2. The quantitative estimate of drug-likeness (QED) is 0.424. The number of H-pyrrole nitrogens is 2. The van der Waals surface area contributed by atoms with E-state index in [0.717, 1.165) is 32.9 Å². The first-order valence-electron chi connectivity index (χ1n) is 6.89. The highest BCUT2D eigenvalue weighted by molar-refractivity contribution is 5.88. The van der Waals surface area contributed by atoms with E-state index in [0.29, 0.717) is 0 Å². The van der Waals surface area contributed by atoms with Crippen molar-refractivity contribution in [3.63, 3.8) is 0 Å². The average Bonchev–Trinajstić information content (AvgIpc) is 3.12. The van der Waals surface area contributed by atoms with Crippen LogP contribution in [0.25, 0.3) is 21.8 Å². The summed E-state index contributed by atoms with van der Waals surface area (Å²) in [6.45, 7) is 0. The van der Waals surface area contributed by atoms with Crippen molar-refractivity contribution in [2.24, 2.45) is 11.5 Å². The van der Waals surface area contributed by atoms with Gasteiger partial charge in [-0.2, -0.15) is 0 Å². The number of hydrogen-bond donors (Lipinski definition) is 4. The minimum absolute atomic E-state index is 0.892. The van der Waals surface area contributed by atoms with Crippen molar-refractivity contribution in [3.8, 4) is 0 Å². The van der Waals surface area contributed by atoms with Crippen LogP contribution in [0.15, 0.2) is 60.9 Å². The summed E-state index contributed by atoms with van der Waals surface area (Å²) in [7, 11) is 0. The molecule has 0 unspecified atom stereocenters. The highest BCUT2D eigenvalue weighted by atomic mass is 15.0. The van der Waals surface area contributed by atoms with Crippen LogP contribution >= 0.6 is 0 Å². The van der Waals surface area contributed by atoms with E-state index in [1.54, 1.807) is 0 Å². The van der Waals surface area contributed by atoms with Gasteiger partial charge >= 0.3 is 0 Å². The maximum atomic E-state index is 6.52. The van der Waals surface area contributed by atoms with E-state index in [9.17, 15) is 0 Å². The molecule has 0 amide bonds. The number of para-hydroxylation sites is 2. The van der Waals surface area contributed by atoms with Crippen LogP contribution in [-0.4, -0.2) is 9.97 Å². The fourth-order valence-electron chi connectivity index (χ4n) is 2.97. The Bertz CT molecular complexity index is 854. The molecule has 2 aromatic carbocycles. The van der Waals surface area contributed by atoms with E-state index in [-0.39, 0.29) is 0 Å². The van der Waals surface area contributed by atoms with Gasteiger partial charge in [0.1, 0.15) is 5.66 Å². The Morgan fingerprint density at radius 3 is 1.57 bits per heavy atom. The maximum Gasteiger partial charge on any atom is 0.120 e. The molecular weight excluding hydrogens is 260 g/mol. The smallest absolute Gasteiger partial charge is 0.120 e. The zero-order valence-corrected chi connectivity index (χ0v) is 11.4. The topological polar surface area (TPSA) is 83.6 Å². The fourth-order valence-corrected chi connectivity index (χ4v) is 2.97. The Labute approximate surface area is 121 Å². The molecule has 4 rings (SSSR count). The van der Waals surface area contributed by atoms with E-state index in [1.165, 1.54) is 0 Å². The molecule has 0 atom stereocenters. The van der Waals surface area contributed by atoms with E-state index in [1.807, 2.05) is 60.9 Å². The van der Waals surface area contributed by atoms with Crippen LogP contribution < -0.4 is 11.5 Å². The lowest BCUT2D eigenvalue weighted by Gasteiger charge is -2.24. The lowest BCUT2D eigenvalue weighted by atomic mass is 9.92. The standard InChI is InChI=1S/C17H16N4/c18-17(19,13-9-20-15-7-3-1-5-11(13)15)14-10-21-16-8-4-2-6-12(14)16/h1-10,20-21H,18-19H2. The maximum absolute atomic E-state index is 6.52. The summed E-state index contributed by atoms with van der Waals surface area (Å²) >= 11 is 0. The van der Waals surface area contributed by atoms with Gasteiger partial charge in [-0.05, 0) is 12.1 Å². The van der Waals surface area contributed by atoms with Gasteiger partial charge in [0.05, 0.1) is 0 Å². The predicted molar refractivity (Wildman–Crippen MR) is 85.8 cm³/mol. The zero-order valence-electron chi connectivity index (χ0n) is 11.4. The first-order valence-corrected chi connectivity index (χ1v) is 6.89. The molecule has 2 heterocycles. The molecule has 6 N–H and O–H groups in total. The first kappa shape index (κ1) is 12.2. The fraction of sp³-hybridized carbons (Fsp3) is 0.0588. The molecule has 0 fully saturated rings. The third kappa shape index (κ3) is 1.70. The van der Waals surface area contributed by atoms with Crippen LogP contribution in [-0.2, 0) is 5.66 Å². The second-order valence-electron chi connectivity index (χ2n) is 5.36. The molecule has 0 saturated heterocycles. The molecule has 104 valence electrons. The normalized spacial score (nSPS) is 12.3. The van der Waals surface area contributed by atoms with Crippen molar-refractivity contribution in [1.82, 2.24) is 9.97 Å². The lowest BCUT2D eigenvalue weighted by Crippen LogP contribution is -2.46. The molecule has 0 spiro atoms. The van der Waals surface area contributed by atoms with Crippen molar-refractivity contribution in [3.05, 3.63) is 72.1 Å². The third-order valence-corrected chi connectivity index (χ3v) is 4.07. The molecule has 21 heavy (non-hydrogen) atoms. The Hall–Kier alpha value is -2.56. The van der Waals surface area contributed by atoms with Crippen LogP contribution in [0.1, 0.15) is 11.1 Å². The van der Waals surface area contributed by atoms with Gasteiger partial charge in [-0.1, -0.05) is 36.4 Å². The Kier molecular flexibility index (Phi) is 2.45. The summed E-state index contributed by atoms with van der Waals surface area (Å²) in [6, 6.07) is 16.1. The molecule has 2 aromatic heterocycles. The molecule has 4 heteroatoms. The van der Waals surface area contributed by atoms with Crippen LogP contribution in [0.4, 0.5) is 0 Å². The predicted octanol–water partition coefficient (Wildman–Crippen LogP) is 2.77. The molecule has 0 aliphatic carbocycles. The molecule has 0 aliphatic rings. The van der Waals surface area contributed by atoms with Gasteiger partial charge in [0.25, 0.3) is 0 Å². The summed E-state index contributed by atoms with van der Waals surface area (Å²) in [4.78, 5) is 6.47. The summed E-state index contributed by atoms with van der Waals surface area (Å²) in [5.41, 5.74) is 15.8. The molecule has 4 nitrogen and oxygen atoms in total. The van der Waals surface area contributed by atoms with Crippen molar-refractivity contribution in [1.29, 1.82) is 0 Å². The van der Waals surface area contributed by atoms with Gasteiger partial charge in [0.15, 0.2) is 0 Å². The van der Waals surface area contributed by atoms with Gasteiger partial charge in [-0.15, -0.1) is 0 Å². The Morgan fingerprint density at radius 1 is 0.667 bits per heavy atom. The molecular formula is C17H16N4. The van der Waals surface area contributed by atoms with Crippen LogP contribution in [0, 0.1) is 0 Å². The van der Waals surface area contributed by atoms with E-state index in [2.05, 4.69) is 9.97 Å². The van der Waals surface area contributed by atoms with Crippen molar-refractivity contribution in [2.75, 3.05) is 0 Å². The van der Waals surface area contributed by atoms with E-state index >= 15 is 0 Å². The number of aromatic amines is 2. The number of hydrogen-bond acceptors (Lipinski definition) is 2. The van der Waals surface area contributed by atoms with Gasteiger partial charge in [-0.3, -0.25) is 0 Å². The highest BCUT2D eigenvalue weighted by Crippen LogP contribution is 2.32. The number of fused-ring (bicyclic) bond motifs is 2. The molecule has 4 aromatic rings. The molecule has 0 radical (unpaired) electrons. The molecule has 0 saturated carbocycles. The van der Waals surface area contributed by atoms with E-state index in [4.69, 9.17) is 11.5 Å². The number of rotatable bonds is 2. The minimum Gasteiger partial charge on any atom is -0.361 e. The summed E-state index contributed by atoms with van der Waals surface area (Å²) in [5, 5.41) is 2.10. The van der Waals surface area contributed by atoms with Crippen LogP contribution in [0.3, 0.4) is 0 Å². The van der Waals surface area contributed by atoms with Crippen LogP contribution in [0.2, 0.25) is 0 Å². The second kappa shape index (κ2) is 4.22.